The molecule has 4 aromatic rings. The predicted molar refractivity (Wildman–Crippen MR) is 137 cm³/mol. The number of methoxy groups -OCH3 is 1. The van der Waals surface area contributed by atoms with Crippen LogP contribution in [0, 0.1) is 5.92 Å². The fourth-order valence-corrected chi connectivity index (χ4v) is 6.12. The first-order valence-corrected chi connectivity index (χ1v) is 12.3. The van der Waals surface area contributed by atoms with Crippen LogP contribution in [0.5, 0.6) is 0 Å². The molecular formula is C27H23ClN2O3S. The van der Waals surface area contributed by atoms with Crippen molar-refractivity contribution in [1.82, 2.24) is 4.98 Å². The van der Waals surface area contributed by atoms with Gasteiger partial charge in [-0.1, -0.05) is 54.9 Å². The summed E-state index contributed by atoms with van der Waals surface area (Å²) in [6.07, 6.45) is 2.72. The molecule has 0 radical (unpaired) electrons. The second-order valence-electron chi connectivity index (χ2n) is 8.55. The molecule has 7 heteroatoms. The molecule has 0 saturated carbocycles. The molecular weight excluding hydrogens is 468 g/mol. The van der Waals surface area contributed by atoms with Gasteiger partial charge in [0, 0.05) is 20.8 Å². The molecule has 0 saturated heterocycles. The fourth-order valence-electron chi connectivity index (χ4n) is 4.50. The highest BCUT2D eigenvalue weighted by Crippen LogP contribution is 2.40. The van der Waals surface area contributed by atoms with E-state index >= 15 is 0 Å². The Balaban J connectivity index is 1.60. The molecule has 172 valence electrons. The Morgan fingerprint density at radius 2 is 1.91 bits per heavy atom. The van der Waals surface area contributed by atoms with Crippen molar-refractivity contribution < 1.29 is 14.3 Å². The highest BCUT2D eigenvalue weighted by molar-refractivity contribution is 7.17. The van der Waals surface area contributed by atoms with Crippen LogP contribution in [0.2, 0.25) is 5.02 Å². The third kappa shape index (κ3) is 4.08. The van der Waals surface area contributed by atoms with E-state index in [2.05, 4.69) is 12.2 Å². The van der Waals surface area contributed by atoms with Crippen LogP contribution >= 0.6 is 22.9 Å². The van der Waals surface area contributed by atoms with Gasteiger partial charge in [0.05, 0.1) is 29.4 Å². The number of rotatable bonds is 4. The van der Waals surface area contributed by atoms with E-state index in [1.54, 1.807) is 12.1 Å². The third-order valence-electron chi connectivity index (χ3n) is 6.24. The average Bonchev–Trinajstić information content (AvgIpc) is 3.19. The number of halogens is 1. The number of pyridine rings is 1. The molecule has 1 N–H and O–H groups in total. The molecule has 0 spiro atoms. The van der Waals surface area contributed by atoms with Gasteiger partial charge < -0.3 is 10.1 Å². The number of nitrogens with one attached hydrogen (secondary N) is 1. The molecule has 2 aromatic heterocycles. The molecule has 0 bridgehead atoms. The molecule has 1 atom stereocenters. The SMILES string of the molecule is COC(=O)c1c(NC(=O)c2cc(-c3ccccc3Cl)nc3ccccc23)sc2c1CC[C@@H](C)C2. The number of benzene rings is 2. The summed E-state index contributed by atoms with van der Waals surface area (Å²) in [5, 5.41) is 4.84. The van der Waals surface area contributed by atoms with Gasteiger partial charge in [0.15, 0.2) is 0 Å². The zero-order chi connectivity index (χ0) is 23.8. The van der Waals surface area contributed by atoms with Crippen molar-refractivity contribution in [1.29, 1.82) is 0 Å². The first-order valence-electron chi connectivity index (χ1n) is 11.1. The zero-order valence-electron chi connectivity index (χ0n) is 18.9. The van der Waals surface area contributed by atoms with Gasteiger partial charge in [-0.2, -0.15) is 0 Å². The van der Waals surface area contributed by atoms with Crippen LogP contribution in [0.4, 0.5) is 5.00 Å². The van der Waals surface area contributed by atoms with Gasteiger partial charge in [-0.25, -0.2) is 9.78 Å². The standard InChI is InChI=1S/C27H23ClN2O3S/c1-15-11-12-18-23(13-15)34-26(24(18)27(32)33-2)30-25(31)19-14-22(17-8-3-5-9-20(17)28)29-21-10-6-4-7-16(19)21/h3-10,14-15H,11-13H2,1-2H3,(H,30,31)/t15-/m1/s1. The number of carbonyl (C=O) groups is 2. The Morgan fingerprint density at radius 3 is 2.71 bits per heavy atom. The maximum atomic E-state index is 13.6. The number of aromatic nitrogens is 1. The topological polar surface area (TPSA) is 68.3 Å². The number of hydrogen-bond acceptors (Lipinski definition) is 5. The summed E-state index contributed by atoms with van der Waals surface area (Å²) in [4.78, 5) is 32.2. The quantitative estimate of drug-likeness (QED) is 0.320. The lowest BCUT2D eigenvalue weighted by Gasteiger charge is -2.18. The molecule has 1 aliphatic rings. The molecule has 5 rings (SSSR count). The molecule has 0 fully saturated rings. The number of hydrogen-bond donors (Lipinski definition) is 1. The van der Waals surface area contributed by atoms with Crippen molar-refractivity contribution in [3.63, 3.8) is 0 Å². The Hall–Kier alpha value is -3.22. The first-order chi connectivity index (χ1) is 16.5. The molecule has 1 amide bonds. The smallest absolute Gasteiger partial charge is 0.341 e. The maximum Gasteiger partial charge on any atom is 0.341 e. The van der Waals surface area contributed by atoms with E-state index in [4.69, 9.17) is 21.3 Å². The van der Waals surface area contributed by atoms with Gasteiger partial charge >= 0.3 is 5.97 Å². The molecule has 0 unspecified atom stereocenters. The van der Waals surface area contributed by atoms with Crippen molar-refractivity contribution in [3.05, 3.63) is 81.2 Å². The Kier molecular flexibility index (Phi) is 6.11. The predicted octanol–water partition coefficient (Wildman–Crippen LogP) is 6.78. The Labute approximate surface area is 206 Å². The number of nitrogens with zero attached hydrogens (tertiary/aromatic N) is 1. The Bertz CT molecular complexity index is 1430. The van der Waals surface area contributed by atoms with Crippen molar-refractivity contribution in [2.45, 2.75) is 26.2 Å². The van der Waals surface area contributed by atoms with Gasteiger partial charge in [-0.3, -0.25) is 4.79 Å². The molecule has 2 heterocycles. The number of esters is 1. The second kappa shape index (κ2) is 9.20. The number of amides is 1. The van der Waals surface area contributed by atoms with Crippen LogP contribution in [0.1, 0.15) is 44.5 Å². The van der Waals surface area contributed by atoms with Crippen molar-refractivity contribution in [2.24, 2.45) is 5.92 Å². The summed E-state index contributed by atoms with van der Waals surface area (Å²) in [6.45, 7) is 2.21. The van der Waals surface area contributed by atoms with Crippen LogP contribution in [-0.2, 0) is 17.6 Å². The fraction of sp³-hybridized carbons (Fsp3) is 0.222. The van der Waals surface area contributed by atoms with Crippen LogP contribution in [-0.4, -0.2) is 24.0 Å². The van der Waals surface area contributed by atoms with E-state index in [0.29, 0.717) is 38.3 Å². The van der Waals surface area contributed by atoms with Gasteiger partial charge in [0.25, 0.3) is 5.91 Å². The van der Waals surface area contributed by atoms with Gasteiger partial charge in [-0.15, -0.1) is 11.3 Å². The number of carbonyl (C=O) groups excluding carboxylic acids is 2. The third-order valence-corrected chi connectivity index (χ3v) is 7.74. The lowest BCUT2D eigenvalue weighted by atomic mass is 9.88. The summed E-state index contributed by atoms with van der Waals surface area (Å²) in [5.74, 6) is -0.176. The zero-order valence-corrected chi connectivity index (χ0v) is 20.4. The van der Waals surface area contributed by atoms with E-state index in [-0.39, 0.29) is 5.91 Å². The van der Waals surface area contributed by atoms with Gasteiger partial charge in [-0.05, 0) is 48.9 Å². The highest BCUT2D eigenvalue weighted by atomic mass is 35.5. The summed E-state index contributed by atoms with van der Waals surface area (Å²) in [6, 6.07) is 16.7. The number of ether oxygens (including phenoxy) is 1. The van der Waals surface area contributed by atoms with Crippen molar-refractivity contribution in [3.8, 4) is 11.3 Å². The number of anilines is 1. The minimum atomic E-state index is -0.418. The van der Waals surface area contributed by atoms with E-state index in [9.17, 15) is 9.59 Å². The van der Waals surface area contributed by atoms with Crippen molar-refractivity contribution in [2.75, 3.05) is 12.4 Å². The van der Waals surface area contributed by atoms with E-state index < -0.39 is 5.97 Å². The summed E-state index contributed by atoms with van der Waals surface area (Å²) < 4.78 is 5.07. The second-order valence-corrected chi connectivity index (χ2v) is 10.1. The Morgan fingerprint density at radius 1 is 1.15 bits per heavy atom. The molecule has 2 aromatic carbocycles. The molecule has 34 heavy (non-hydrogen) atoms. The lowest BCUT2D eigenvalue weighted by Crippen LogP contribution is -2.16. The molecule has 5 nitrogen and oxygen atoms in total. The number of fused-ring (bicyclic) bond motifs is 2. The van der Waals surface area contributed by atoms with Crippen molar-refractivity contribution >= 4 is 50.7 Å². The van der Waals surface area contributed by atoms with Gasteiger partial charge in [0.1, 0.15) is 5.00 Å². The van der Waals surface area contributed by atoms with Crippen LogP contribution in [0.3, 0.4) is 0 Å². The number of thiophene rings is 1. The van der Waals surface area contributed by atoms with Gasteiger partial charge in [0.2, 0.25) is 0 Å². The summed E-state index contributed by atoms with van der Waals surface area (Å²) >= 11 is 7.89. The number of para-hydroxylation sites is 1. The highest BCUT2D eigenvalue weighted by Gasteiger charge is 2.29. The van der Waals surface area contributed by atoms with E-state index in [1.165, 1.54) is 18.4 Å². The van der Waals surface area contributed by atoms with E-state index in [0.717, 1.165) is 40.7 Å². The maximum absolute atomic E-state index is 13.6. The minimum Gasteiger partial charge on any atom is -0.465 e. The molecule has 0 aliphatic heterocycles. The minimum absolute atomic E-state index is 0.302. The monoisotopic (exact) mass is 490 g/mol. The molecule has 1 aliphatic carbocycles. The van der Waals surface area contributed by atoms with Crippen LogP contribution in [0.25, 0.3) is 22.2 Å². The summed E-state index contributed by atoms with van der Waals surface area (Å²) in [5.41, 5.74) is 4.00. The van der Waals surface area contributed by atoms with E-state index in [1.807, 2.05) is 42.5 Å². The normalized spacial score (nSPS) is 15.1. The lowest BCUT2D eigenvalue weighted by molar-refractivity contribution is 0.0601. The summed E-state index contributed by atoms with van der Waals surface area (Å²) in [7, 11) is 1.37. The average molecular weight is 491 g/mol. The van der Waals surface area contributed by atoms with Crippen LogP contribution < -0.4 is 5.32 Å². The first kappa shape index (κ1) is 22.6. The largest absolute Gasteiger partial charge is 0.465 e. The van der Waals surface area contributed by atoms with Crippen LogP contribution in [0.15, 0.2) is 54.6 Å².